The third-order valence-electron chi connectivity index (χ3n) is 2.97. The second-order valence-electron chi connectivity index (χ2n) is 4.37. The third kappa shape index (κ3) is 3.95. The molecule has 2 aromatic rings. The molecule has 2 heteroatoms. The molecule has 0 heterocycles. The molecule has 0 aliphatic carbocycles. The zero-order valence-corrected chi connectivity index (χ0v) is 11.1. The number of ketones is 1. The fraction of sp³-hybridized carbons (Fsp3) is 0.235. The minimum absolute atomic E-state index is 0.189. The van der Waals surface area contributed by atoms with E-state index >= 15 is 0 Å². The van der Waals surface area contributed by atoms with Crippen molar-refractivity contribution in [2.45, 2.75) is 19.8 Å². The van der Waals surface area contributed by atoms with Gasteiger partial charge in [-0.25, -0.2) is 0 Å². The topological polar surface area (TPSA) is 26.3 Å². The van der Waals surface area contributed by atoms with Gasteiger partial charge >= 0.3 is 0 Å². The van der Waals surface area contributed by atoms with E-state index in [9.17, 15) is 4.79 Å². The van der Waals surface area contributed by atoms with Gasteiger partial charge in [-0.15, -0.1) is 0 Å². The molecule has 2 nitrogen and oxygen atoms in total. The Labute approximate surface area is 114 Å². The summed E-state index contributed by atoms with van der Waals surface area (Å²) in [5.74, 6) is 1.06. The summed E-state index contributed by atoms with van der Waals surface area (Å²) >= 11 is 0. The highest BCUT2D eigenvalue weighted by atomic mass is 16.5. The first-order valence-corrected chi connectivity index (χ1v) is 6.59. The zero-order chi connectivity index (χ0) is 13.5. The van der Waals surface area contributed by atoms with Crippen LogP contribution in [-0.4, -0.2) is 12.4 Å². The smallest absolute Gasteiger partial charge is 0.163 e. The third-order valence-corrected chi connectivity index (χ3v) is 2.97. The number of hydrogen-bond acceptors (Lipinski definition) is 2. The number of Topliss-reactive ketones (excluding diaryl/α,β-unsaturated/α-hetero) is 1. The molecule has 0 radical (unpaired) electrons. The Hall–Kier alpha value is -2.09. The van der Waals surface area contributed by atoms with Crippen molar-refractivity contribution in [2.75, 3.05) is 6.61 Å². The highest BCUT2D eigenvalue weighted by Gasteiger charge is 2.05. The average molecular weight is 254 g/mol. The Morgan fingerprint density at radius 3 is 2.32 bits per heavy atom. The van der Waals surface area contributed by atoms with E-state index in [2.05, 4.69) is 0 Å². The quantitative estimate of drug-likeness (QED) is 0.731. The van der Waals surface area contributed by atoms with Crippen LogP contribution in [0.1, 0.15) is 29.3 Å². The maximum Gasteiger partial charge on any atom is 0.163 e. The lowest BCUT2D eigenvalue weighted by molar-refractivity contribution is 0.0983. The minimum atomic E-state index is 0.189. The zero-order valence-electron chi connectivity index (χ0n) is 11.1. The van der Waals surface area contributed by atoms with Gasteiger partial charge in [-0.1, -0.05) is 42.5 Å². The number of carbonyl (C=O) groups is 1. The molecular weight excluding hydrogens is 236 g/mol. The predicted octanol–water partition coefficient (Wildman–Crippen LogP) is 3.90. The van der Waals surface area contributed by atoms with E-state index in [1.54, 1.807) is 0 Å². The van der Waals surface area contributed by atoms with E-state index in [4.69, 9.17) is 4.74 Å². The molecule has 2 rings (SSSR count). The van der Waals surface area contributed by atoms with E-state index in [0.29, 0.717) is 13.0 Å². The van der Waals surface area contributed by atoms with Gasteiger partial charge in [0.1, 0.15) is 5.75 Å². The average Bonchev–Trinajstić information content (AvgIpc) is 2.47. The Kier molecular flexibility index (Phi) is 4.73. The Morgan fingerprint density at radius 1 is 1.00 bits per heavy atom. The van der Waals surface area contributed by atoms with Crippen LogP contribution in [0.3, 0.4) is 0 Å². The molecule has 0 aliphatic heterocycles. The number of ether oxygens (including phenoxy) is 1. The molecule has 2 aromatic carbocycles. The van der Waals surface area contributed by atoms with Crippen molar-refractivity contribution in [3.63, 3.8) is 0 Å². The second kappa shape index (κ2) is 6.74. The van der Waals surface area contributed by atoms with Crippen LogP contribution in [0.4, 0.5) is 0 Å². The molecule has 0 spiro atoms. The molecule has 0 unspecified atom stereocenters. The number of aryl methyl sites for hydroxylation is 1. The van der Waals surface area contributed by atoms with Gasteiger partial charge in [-0.05, 0) is 31.0 Å². The first-order chi connectivity index (χ1) is 9.29. The second-order valence-corrected chi connectivity index (χ2v) is 4.37. The summed E-state index contributed by atoms with van der Waals surface area (Å²) in [6.45, 7) is 2.64. The standard InChI is InChI=1S/C17H18O2/c1-2-19-16-11-8-14(9-12-16)10-13-17(18)15-6-4-3-5-7-15/h3-9,11-12H,2,10,13H2,1H3. The summed E-state index contributed by atoms with van der Waals surface area (Å²) in [5, 5.41) is 0. The number of hydrogen-bond donors (Lipinski definition) is 0. The molecule has 0 saturated heterocycles. The Bertz CT molecular complexity index is 515. The van der Waals surface area contributed by atoms with Crippen molar-refractivity contribution < 1.29 is 9.53 Å². The molecule has 0 N–H and O–H groups in total. The van der Waals surface area contributed by atoms with Gasteiger partial charge in [0.2, 0.25) is 0 Å². The lowest BCUT2D eigenvalue weighted by Gasteiger charge is -2.05. The summed E-state index contributed by atoms with van der Waals surface area (Å²) < 4.78 is 5.39. The van der Waals surface area contributed by atoms with Crippen molar-refractivity contribution in [3.05, 3.63) is 65.7 Å². The van der Waals surface area contributed by atoms with E-state index in [0.717, 1.165) is 23.3 Å². The summed E-state index contributed by atoms with van der Waals surface area (Å²) in [6.07, 6.45) is 1.30. The van der Waals surface area contributed by atoms with Gasteiger partial charge in [-0.3, -0.25) is 4.79 Å². The van der Waals surface area contributed by atoms with Gasteiger partial charge in [0.25, 0.3) is 0 Å². The predicted molar refractivity (Wildman–Crippen MR) is 76.7 cm³/mol. The van der Waals surface area contributed by atoms with E-state index < -0.39 is 0 Å². The normalized spacial score (nSPS) is 10.2. The summed E-state index contributed by atoms with van der Waals surface area (Å²) in [5.41, 5.74) is 1.95. The van der Waals surface area contributed by atoms with Gasteiger partial charge < -0.3 is 4.74 Å². The molecule has 19 heavy (non-hydrogen) atoms. The molecule has 98 valence electrons. The minimum Gasteiger partial charge on any atom is -0.494 e. The first-order valence-electron chi connectivity index (χ1n) is 6.59. The molecule has 0 atom stereocenters. The Balaban J connectivity index is 1.90. The van der Waals surface area contributed by atoms with Crippen LogP contribution in [0.2, 0.25) is 0 Å². The number of carbonyl (C=O) groups excluding carboxylic acids is 1. The fourth-order valence-electron chi connectivity index (χ4n) is 1.95. The molecule has 0 fully saturated rings. The number of benzene rings is 2. The van der Waals surface area contributed by atoms with Crippen LogP contribution in [0.25, 0.3) is 0 Å². The van der Waals surface area contributed by atoms with E-state index in [-0.39, 0.29) is 5.78 Å². The maximum atomic E-state index is 12.0. The van der Waals surface area contributed by atoms with Crippen LogP contribution >= 0.6 is 0 Å². The molecule has 0 amide bonds. The summed E-state index contributed by atoms with van der Waals surface area (Å²) in [6, 6.07) is 17.4. The lowest BCUT2D eigenvalue weighted by Crippen LogP contribution is -2.00. The highest BCUT2D eigenvalue weighted by Crippen LogP contribution is 2.14. The van der Waals surface area contributed by atoms with Gasteiger partial charge in [0, 0.05) is 12.0 Å². The number of rotatable bonds is 6. The SMILES string of the molecule is CCOc1ccc(CCC(=O)c2ccccc2)cc1. The van der Waals surface area contributed by atoms with Crippen LogP contribution < -0.4 is 4.74 Å². The fourth-order valence-corrected chi connectivity index (χ4v) is 1.95. The van der Waals surface area contributed by atoms with Crippen LogP contribution in [0, 0.1) is 0 Å². The Morgan fingerprint density at radius 2 is 1.68 bits per heavy atom. The molecule has 0 saturated carbocycles. The van der Waals surface area contributed by atoms with Gasteiger partial charge in [-0.2, -0.15) is 0 Å². The van der Waals surface area contributed by atoms with Crippen molar-refractivity contribution in [3.8, 4) is 5.75 Å². The maximum absolute atomic E-state index is 12.0. The summed E-state index contributed by atoms with van der Waals surface area (Å²) in [7, 11) is 0. The van der Waals surface area contributed by atoms with Crippen molar-refractivity contribution in [2.24, 2.45) is 0 Å². The monoisotopic (exact) mass is 254 g/mol. The van der Waals surface area contributed by atoms with Crippen LogP contribution in [0.15, 0.2) is 54.6 Å². The van der Waals surface area contributed by atoms with Gasteiger partial charge in [0.05, 0.1) is 6.61 Å². The highest BCUT2D eigenvalue weighted by molar-refractivity contribution is 5.96. The molecular formula is C17H18O2. The van der Waals surface area contributed by atoms with Crippen LogP contribution in [-0.2, 0) is 6.42 Å². The molecule has 0 aliphatic rings. The molecule has 0 bridgehead atoms. The van der Waals surface area contributed by atoms with E-state index in [1.165, 1.54) is 0 Å². The summed E-state index contributed by atoms with van der Waals surface area (Å²) in [4.78, 5) is 12.0. The van der Waals surface area contributed by atoms with E-state index in [1.807, 2.05) is 61.5 Å². The van der Waals surface area contributed by atoms with Crippen molar-refractivity contribution in [1.82, 2.24) is 0 Å². The van der Waals surface area contributed by atoms with Gasteiger partial charge in [0.15, 0.2) is 5.78 Å². The molecule has 0 aromatic heterocycles. The first kappa shape index (κ1) is 13.3. The van der Waals surface area contributed by atoms with Crippen LogP contribution in [0.5, 0.6) is 5.75 Å². The van der Waals surface area contributed by atoms with Crippen molar-refractivity contribution in [1.29, 1.82) is 0 Å². The lowest BCUT2D eigenvalue weighted by atomic mass is 10.0. The van der Waals surface area contributed by atoms with Crippen molar-refractivity contribution >= 4 is 5.78 Å². The largest absolute Gasteiger partial charge is 0.494 e.